The van der Waals surface area contributed by atoms with E-state index in [2.05, 4.69) is 5.32 Å². The van der Waals surface area contributed by atoms with E-state index in [-0.39, 0.29) is 30.0 Å². The van der Waals surface area contributed by atoms with Crippen molar-refractivity contribution in [2.75, 3.05) is 11.9 Å². The summed E-state index contributed by atoms with van der Waals surface area (Å²) in [5.41, 5.74) is 1.28. The fraction of sp³-hybridized carbons (Fsp3) is 0.263. The van der Waals surface area contributed by atoms with Gasteiger partial charge in [0.15, 0.2) is 0 Å². The van der Waals surface area contributed by atoms with Gasteiger partial charge in [-0.05, 0) is 25.0 Å². The van der Waals surface area contributed by atoms with Crippen molar-refractivity contribution in [3.05, 3.63) is 69.8 Å². The molecule has 1 aliphatic rings. The quantitative estimate of drug-likeness (QED) is 0.638. The van der Waals surface area contributed by atoms with E-state index in [4.69, 9.17) is 0 Å². The molecule has 0 radical (unpaired) electrons. The van der Waals surface area contributed by atoms with E-state index in [0.717, 1.165) is 12.8 Å². The van der Waals surface area contributed by atoms with Crippen LogP contribution in [0.2, 0.25) is 0 Å². The lowest BCUT2D eigenvalue weighted by Crippen LogP contribution is -2.31. The van der Waals surface area contributed by atoms with E-state index < -0.39 is 4.92 Å². The van der Waals surface area contributed by atoms with Gasteiger partial charge in [0.2, 0.25) is 5.91 Å². The predicted molar refractivity (Wildman–Crippen MR) is 96.8 cm³/mol. The topological polar surface area (TPSA) is 92.6 Å². The number of benzene rings is 2. The number of nitro benzene ring substituents is 1. The minimum atomic E-state index is -0.475. The van der Waals surface area contributed by atoms with Crippen molar-refractivity contribution in [2.45, 2.75) is 19.4 Å². The first-order valence-corrected chi connectivity index (χ1v) is 8.36. The van der Waals surface area contributed by atoms with Gasteiger partial charge in [-0.1, -0.05) is 30.3 Å². The number of nitrogens with zero attached hydrogens (tertiary/aromatic N) is 2. The van der Waals surface area contributed by atoms with E-state index in [1.165, 1.54) is 11.0 Å². The highest BCUT2D eigenvalue weighted by Crippen LogP contribution is 2.33. The number of amides is 2. The summed E-state index contributed by atoms with van der Waals surface area (Å²) in [5, 5.41) is 13.8. The smallest absolute Gasteiger partial charge is 0.274 e. The molecule has 0 spiro atoms. The predicted octanol–water partition coefficient (Wildman–Crippen LogP) is 2.90. The molecule has 0 aromatic heterocycles. The first-order chi connectivity index (χ1) is 12.5. The van der Waals surface area contributed by atoms with Crippen LogP contribution in [0.4, 0.5) is 11.4 Å². The molecule has 2 aromatic rings. The molecule has 1 N–H and O–H groups in total. The van der Waals surface area contributed by atoms with Gasteiger partial charge < -0.3 is 10.2 Å². The Hall–Kier alpha value is -3.22. The highest BCUT2D eigenvalue weighted by molar-refractivity contribution is 6.05. The lowest BCUT2D eigenvalue weighted by molar-refractivity contribution is -0.385. The highest BCUT2D eigenvalue weighted by atomic mass is 16.6. The Morgan fingerprint density at radius 1 is 1.15 bits per heavy atom. The molecule has 2 amide bonds. The third-order valence-corrected chi connectivity index (χ3v) is 4.39. The summed E-state index contributed by atoms with van der Waals surface area (Å²) in [6.07, 6.45) is 1.77. The third-order valence-electron chi connectivity index (χ3n) is 4.39. The Kier molecular flexibility index (Phi) is 4.97. The number of para-hydroxylation sites is 2. The molecule has 7 nitrogen and oxygen atoms in total. The molecule has 1 aliphatic carbocycles. The second-order valence-electron chi connectivity index (χ2n) is 6.26. The van der Waals surface area contributed by atoms with E-state index in [1.807, 2.05) is 0 Å². The standard InChI is InChI=1S/C19H19N3O4/c1-21(19(24)13-10-11-13)17-9-5-3-7-15(17)18(23)20-12-14-6-2-4-8-16(14)22(25)26/h2-9,13H,10-12H2,1H3,(H,20,23). The summed E-state index contributed by atoms with van der Waals surface area (Å²) in [4.78, 5) is 37.0. The van der Waals surface area contributed by atoms with Gasteiger partial charge in [0.1, 0.15) is 0 Å². The summed E-state index contributed by atoms with van der Waals surface area (Å²) < 4.78 is 0. The zero-order chi connectivity index (χ0) is 18.7. The second kappa shape index (κ2) is 7.35. The van der Waals surface area contributed by atoms with Gasteiger partial charge in [-0.3, -0.25) is 19.7 Å². The van der Waals surface area contributed by atoms with E-state index in [1.54, 1.807) is 49.5 Å². The lowest BCUT2D eigenvalue weighted by Gasteiger charge is -2.20. The zero-order valence-corrected chi connectivity index (χ0v) is 14.3. The molecule has 0 bridgehead atoms. The minimum absolute atomic E-state index is 0.00365. The number of hydrogen-bond acceptors (Lipinski definition) is 4. The van der Waals surface area contributed by atoms with E-state index >= 15 is 0 Å². The number of nitro groups is 1. The van der Waals surface area contributed by atoms with Crippen LogP contribution >= 0.6 is 0 Å². The van der Waals surface area contributed by atoms with Crippen LogP contribution in [0.3, 0.4) is 0 Å². The second-order valence-corrected chi connectivity index (χ2v) is 6.26. The maximum atomic E-state index is 12.6. The Balaban J connectivity index is 1.77. The monoisotopic (exact) mass is 353 g/mol. The minimum Gasteiger partial charge on any atom is -0.348 e. The summed E-state index contributed by atoms with van der Waals surface area (Å²) in [6.45, 7) is 0.0323. The maximum absolute atomic E-state index is 12.6. The van der Waals surface area contributed by atoms with Gasteiger partial charge in [-0.2, -0.15) is 0 Å². The number of carbonyl (C=O) groups is 2. The summed E-state index contributed by atoms with van der Waals surface area (Å²) in [5.74, 6) is -0.332. The molecular formula is C19H19N3O4. The normalized spacial score (nSPS) is 13.1. The van der Waals surface area contributed by atoms with Gasteiger partial charge in [0.05, 0.1) is 16.2 Å². The van der Waals surface area contributed by atoms with Crippen LogP contribution in [0, 0.1) is 16.0 Å². The molecule has 0 aliphatic heterocycles. The van der Waals surface area contributed by atoms with Crippen LogP contribution in [0.1, 0.15) is 28.8 Å². The molecule has 1 fully saturated rings. The van der Waals surface area contributed by atoms with Crippen LogP contribution in [0.25, 0.3) is 0 Å². The van der Waals surface area contributed by atoms with Gasteiger partial charge in [-0.25, -0.2) is 0 Å². The summed E-state index contributed by atoms with van der Waals surface area (Å²) in [6, 6.07) is 13.1. The Morgan fingerprint density at radius 3 is 2.50 bits per heavy atom. The fourth-order valence-corrected chi connectivity index (χ4v) is 2.79. The van der Waals surface area contributed by atoms with Crippen LogP contribution in [-0.4, -0.2) is 23.8 Å². The molecule has 26 heavy (non-hydrogen) atoms. The average molecular weight is 353 g/mol. The first kappa shape index (κ1) is 17.6. The zero-order valence-electron chi connectivity index (χ0n) is 14.3. The van der Waals surface area contributed by atoms with Crippen LogP contribution in [0.5, 0.6) is 0 Å². The lowest BCUT2D eigenvalue weighted by atomic mass is 10.1. The molecule has 2 aromatic carbocycles. The van der Waals surface area contributed by atoms with Crippen molar-refractivity contribution < 1.29 is 14.5 Å². The average Bonchev–Trinajstić information content (AvgIpc) is 3.50. The number of nitrogens with one attached hydrogen (secondary N) is 1. The van der Waals surface area contributed by atoms with Crippen molar-refractivity contribution in [1.82, 2.24) is 5.32 Å². The summed E-state index contributed by atoms with van der Waals surface area (Å²) >= 11 is 0. The number of carbonyl (C=O) groups excluding carboxylic acids is 2. The molecule has 3 rings (SSSR count). The van der Waals surface area contributed by atoms with Gasteiger partial charge in [0.25, 0.3) is 11.6 Å². The number of rotatable bonds is 6. The van der Waals surface area contributed by atoms with E-state index in [9.17, 15) is 19.7 Å². The van der Waals surface area contributed by atoms with Crippen molar-refractivity contribution in [2.24, 2.45) is 5.92 Å². The Morgan fingerprint density at radius 2 is 1.81 bits per heavy atom. The number of hydrogen-bond donors (Lipinski definition) is 1. The van der Waals surface area contributed by atoms with Crippen molar-refractivity contribution in [3.63, 3.8) is 0 Å². The molecule has 7 heteroatoms. The van der Waals surface area contributed by atoms with Gasteiger partial charge >= 0.3 is 0 Å². The molecule has 0 heterocycles. The van der Waals surface area contributed by atoms with Crippen molar-refractivity contribution in [3.8, 4) is 0 Å². The molecular weight excluding hydrogens is 334 g/mol. The van der Waals surface area contributed by atoms with Gasteiger partial charge in [-0.15, -0.1) is 0 Å². The molecule has 0 atom stereocenters. The molecule has 0 unspecified atom stereocenters. The van der Waals surface area contributed by atoms with Crippen molar-refractivity contribution in [1.29, 1.82) is 0 Å². The van der Waals surface area contributed by atoms with Crippen molar-refractivity contribution >= 4 is 23.2 Å². The first-order valence-electron chi connectivity index (χ1n) is 8.36. The summed E-state index contributed by atoms with van der Waals surface area (Å²) in [7, 11) is 1.66. The van der Waals surface area contributed by atoms with Gasteiger partial charge in [0, 0.05) is 31.1 Å². The Bertz CT molecular complexity index is 861. The Labute approximate surface area is 150 Å². The molecule has 0 saturated heterocycles. The third kappa shape index (κ3) is 3.72. The molecule has 1 saturated carbocycles. The largest absolute Gasteiger partial charge is 0.348 e. The van der Waals surface area contributed by atoms with Crippen LogP contribution in [-0.2, 0) is 11.3 Å². The van der Waals surface area contributed by atoms with Crippen LogP contribution in [0.15, 0.2) is 48.5 Å². The molecule has 134 valence electrons. The fourth-order valence-electron chi connectivity index (χ4n) is 2.79. The number of anilines is 1. The van der Waals surface area contributed by atoms with Crippen LogP contribution < -0.4 is 10.2 Å². The highest BCUT2D eigenvalue weighted by Gasteiger charge is 2.33. The van der Waals surface area contributed by atoms with E-state index in [0.29, 0.717) is 16.8 Å². The SMILES string of the molecule is CN(C(=O)C1CC1)c1ccccc1C(=O)NCc1ccccc1[N+](=O)[O-]. The maximum Gasteiger partial charge on any atom is 0.274 e.